The van der Waals surface area contributed by atoms with Gasteiger partial charge in [-0.25, -0.2) is 13.6 Å². The monoisotopic (exact) mass is 363 g/mol. The third-order valence-electron chi connectivity index (χ3n) is 5.48. The molecule has 0 spiro atoms. The predicted molar refractivity (Wildman–Crippen MR) is 93.0 cm³/mol. The Morgan fingerprint density at radius 1 is 1.35 bits per heavy atom. The molecule has 4 rings (SSSR count). The Morgan fingerprint density at radius 3 is 2.58 bits per heavy atom. The zero-order valence-electron chi connectivity index (χ0n) is 14.4. The zero-order chi connectivity index (χ0) is 18.7. The van der Waals surface area contributed by atoms with Crippen LogP contribution in [-0.2, 0) is 0 Å². The molecule has 1 aromatic heterocycles. The smallest absolute Gasteiger partial charge is 0.341 e. The van der Waals surface area contributed by atoms with Crippen molar-refractivity contribution in [1.82, 2.24) is 9.88 Å². The van der Waals surface area contributed by atoms with Gasteiger partial charge in [-0.2, -0.15) is 0 Å². The maximum atomic E-state index is 15.4. The Bertz CT molecular complexity index is 984. The van der Waals surface area contributed by atoms with Crippen molar-refractivity contribution >= 4 is 22.6 Å². The summed E-state index contributed by atoms with van der Waals surface area (Å²) in [6, 6.07) is 0.939. The Balaban J connectivity index is 1.98. The van der Waals surface area contributed by atoms with Gasteiger partial charge in [0, 0.05) is 30.9 Å². The van der Waals surface area contributed by atoms with E-state index in [-0.39, 0.29) is 34.7 Å². The van der Waals surface area contributed by atoms with E-state index in [9.17, 15) is 19.1 Å². The Kier molecular flexibility index (Phi) is 3.76. The van der Waals surface area contributed by atoms with E-state index in [0.717, 1.165) is 18.9 Å². The van der Waals surface area contributed by atoms with Crippen LogP contribution in [0.1, 0.15) is 36.2 Å². The van der Waals surface area contributed by atoms with Crippen molar-refractivity contribution in [3.8, 4) is 0 Å². The summed E-state index contributed by atoms with van der Waals surface area (Å²) in [5, 5.41) is 12.1. The molecule has 2 N–H and O–H groups in total. The molecule has 0 unspecified atom stereocenters. The first-order valence-corrected chi connectivity index (χ1v) is 8.59. The summed E-state index contributed by atoms with van der Waals surface area (Å²) in [6.07, 6.45) is 2.72. The highest BCUT2D eigenvalue weighted by Gasteiger charge is 2.39. The number of rotatable bonds is 4. The van der Waals surface area contributed by atoms with Crippen molar-refractivity contribution in [2.45, 2.75) is 37.9 Å². The fourth-order valence-electron chi connectivity index (χ4n) is 3.73. The van der Waals surface area contributed by atoms with Crippen molar-refractivity contribution in [1.29, 1.82) is 0 Å². The van der Waals surface area contributed by atoms with Gasteiger partial charge in [0.25, 0.3) is 0 Å². The molecule has 2 atom stereocenters. The zero-order valence-corrected chi connectivity index (χ0v) is 14.4. The molecule has 0 amide bonds. The van der Waals surface area contributed by atoms with E-state index >= 15 is 4.39 Å². The topological polar surface area (TPSA) is 74.6 Å². The van der Waals surface area contributed by atoms with Gasteiger partial charge in [0.1, 0.15) is 17.1 Å². The summed E-state index contributed by atoms with van der Waals surface area (Å²) in [6.45, 7) is 2.33. The van der Waals surface area contributed by atoms with Crippen LogP contribution < -0.4 is 15.6 Å². The molecule has 2 aromatic rings. The van der Waals surface area contributed by atoms with E-state index in [0.29, 0.717) is 6.54 Å². The van der Waals surface area contributed by atoms with Gasteiger partial charge >= 0.3 is 5.97 Å². The van der Waals surface area contributed by atoms with Crippen LogP contribution in [0.25, 0.3) is 10.9 Å². The van der Waals surface area contributed by atoms with Crippen molar-refractivity contribution in [3.05, 3.63) is 39.7 Å². The van der Waals surface area contributed by atoms with E-state index in [1.807, 2.05) is 6.92 Å². The van der Waals surface area contributed by atoms with Crippen LogP contribution in [0.5, 0.6) is 0 Å². The molecule has 1 saturated heterocycles. The van der Waals surface area contributed by atoms with Gasteiger partial charge in [-0.15, -0.1) is 0 Å². The summed E-state index contributed by atoms with van der Waals surface area (Å²) < 4.78 is 31.6. The number of likely N-dealkylation sites (N-methyl/N-ethyl adjacent to an activating group) is 1. The number of carboxylic acid groups (broad SMARTS) is 1. The highest BCUT2D eigenvalue weighted by molar-refractivity contribution is 5.94. The van der Waals surface area contributed by atoms with E-state index in [1.165, 1.54) is 10.8 Å². The van der Waals surface area contributed by atoms with Crippen LogP contribution in [0.2, 0.25) is 0 Å². The number of halogens is 2. The minimum Gasteiger partial charge on any atom is -0.477 e. The number of aromatic carboxylic acids is 1. The van der Waals surface area contributed by atoms with Gasteiger partial charge in [0.2, 0.25) is 5.43 Å². The highest BCUT2D eigenvalue weighted by Crippen LogP contribution is 2.40. The maximum Gasteiger partial charge on any atom is 0.341 e. The fraction of sp³-hybridized carbons (Fsp3) is 0.444. The molecular weight excluding hydrogens is 344 g/mol. The third kappa shape index (κ3) is 2.32. The lowest BCUT2D eigenvalue weighted by molar-refractivity contribution is 0.0695. The third-order valence-corrected chi connectivity index (χ3v) is 5.48. The molecule has 2 fully saturated rings. The predicted octanol–water partition coefficient (Wildman–Crippen LogP) is 2.11. The Morgan fingerprint density at radius 2 is 2.04 bits per heavy atom. The molecule has 1 aliphatic heterocycles. The van der Waals surface area contributed by atoms with Crippen molar-refractivity contribution < 1.29 is 18.7 Å². The molecule has 0 bridgehead atoms. The van der Waals surface area contributed by atoms with E-state index in [2.05, 4.69) is 5.32 Å². The minimum atomic E-state index is -1.40. The number of fused-ring (bicyclic) bond motifs is 1. The first-order chi connectivity index (χ1) is 12.3. The van der Waals surface area contributed by atoms with Crippen LogP contribution >= 0.6 is 0 Å². The minimum absolute atomic E-state index is 0.0148. The van der Waals surface area contributed by atoms with E-state index in [4.69, 9.17) is 0 Å². The van der Waals surface area contributed by atoms with Crippen LogP contribution in [0, 0.1) is 11.6 Å². The number of nitrogens with one attached hydrogen (secondary N) is 1. The maximum absolute atomic E-state index is 15.4. The summed E-state index contributed by atoms with van der Waals surface area (Å²) >= 11 is 0. The Hall–Kier alpha value is -2.48. The number of aromatic nitrogens is 1. The standard InChI is InChI=1S/C18H19F2N3O3/c1-8-13(21-2)7-22(8)16-12(19)5-10-15(14(16)20)23(9-3-4-9)6-11(17(10)24)18(25)26/h5-6,8-9,13,21H,3-4,7H2,1-2H3,(H,25,26)/t8-,13+/m0/s1. The first-order valence-electron chi connectivity index (χ1n) is 8.59. The van der Waals surface area contributed by atoms with Gasteiger partial charge in [-0.05, 0) is 32.9 Å². The number of carboxylic acids is 1. The summed E-state index contributed by atoms with van der Waals surface area (Å²) in [5.74, 6) is -3.05. The molecule has 2 heterocycles. The number of carbonyl (C=O) groups is 1. The van der Waals surface area contributed by atoms with Crippen molar-refractivity contribution in [2.75, 3.05) is 18.5 Å². The van der Waals surface area contributed by atoms with Crippen LogP contribution in [0.3, 0.4) is 0 Å². The number of anilines is 1. The van der Waals surface area contributed by atoms with Crippen LogP contribution in [0.15, 0.2) is 17.1 Å². The fourth-order valence-corrected chi connectivity index (χ4v) is 3.73. The molecule has 2 aliphatic rings. The summed E-state index contributed by atoms with van der Waals surface area (Å²) in [7, 11) is 1.80. The summed E-state index contributed by atoms with van der Waals surface area (Å²) in [5.41, 5.74) is -1.51. The Labute approximate surface area is 148 Å². The average molecular weight is 363 g/mol. The van der Waals surface area contributed by atoms with Gasteiger partial charge < -0.3 is 19.9 Å². The number of benzene rings is 1. The lowest BCUT2D eigenvalue weighted by Gasteiger charge is -2.48. The number of pyridine rings is 1. The molecule has 1 aliphatic carbocycles. The van der Waals surface area contributed by atoms with Gasteiger partial charge in [-0.1, -0.05) is 0 Å². The average Bonchev–Trinajstić information content (AvgIpc) is 3.42. The van der Waals surface area contributed by atoms with Crippen molar-refractivity contribution in [2.24, 2.45) is 0 Å². The normalized spacial score (nSPS) is 22.5. The molecular formula is C18H19F2N3O3. The SMILES string of the molecule is CN[C@@H]1CN(c2c(F)cc3c(=O)c(C(=O)O)cn(C4CC4)c3c2F)[C@H]1C. The number of nitrogens with zero attached hydrogens (tertiary/aromatic N) is 2. The first kappa shape index (κ1) is 17.0. The lowest BCUT2D eigenvalue weighted by Crippen LogP contribution is -2.64. The second-order valence-electron chi connectivity index (χ2n) is 7.02. The molecule has 6 nitrogen and oxygen atoms in total. The van der Waals surface area contributed by atoms with E-state index in [1.54, 1.807) is 11.9 Å². The van der Waals surface area contributed by atoms with Gasteiger partial charge in [-0.3, -0.25) is 4.79 Å². The van der Waals surface area contributed by atoms with Crippen LogP contribution in [0.4, 0.5) is 14.5 Å². The van der Waals surface area contributed by atoms with Crippen molar-refractivity contribution in [3.63, 3.8) is 0 Å². The largest absolute Gasteiger partial charge is 0.477 e. The quantitative estimate of drug-likeness (QED) is 0.870. The molecule has 138 valence electrons. The highest BCUT2D eigenvalue weighted by atomic mass is 19.1. The molecule has 1 aromatic carbocycles. The molecule has 8 heteroatoms. The van der Waals surface area contributed by atoms with Gasteiger partial charge in [0.05, 0.1) is 10.9 Å². The number of hydrogen-bond acceptors (Lipinski definition) is 4. The van der Waals surface area contributed by atoms with Gasteiger partial charge in [0.15, 0.2) is 5.82 Å². The molecule has 1 saturated carbocycles. The molecule has 0 radical (unpaired) electrons. The number of hydrogen-bond donors (Lipinski definition) is 2. The second kappa shape index (κ2) is 5.77. The summed E-state index contributed by atoms with van der Waals surface area (Å²) in [4.78, 5) is 25.4. The van der Waals surface area contributed by atoms with E-state index < -0.39 is 28.6 Å². The van der Waals surface area contributed by atoms with Crippen LogP contribution in [-0.4, -0.2) is 41.3 Å². The lowest BCUT2D eigenvalue weighted by atomic mass is 9.96. The second-order valence-corrected chi connectivity index (χ2v) is 7.02. The molecule has 26 heavy (non-hydrogen) atoms.